The molecule has 8 aromatic rings. The molecular formula is C48H40O6S6. The molecule has 6 aromatic heterocycles. The highest BCUT2D eigenvalue weighted by Crippen LogP contribution is 2.44. The summed E-state index contributed by atoms with van der Waals surface area (Å²) in [5.41, 5.74) is 4.41. The second-order valence-corrected chi connectivity index (χ2v) is 19.3. The molecule has 60 heavy (non-hydrogen) atoms. The fraction of sp³-hybridized carbons (Fsp3) is 0.167. The summed E-state index contributed by atoms with van der Waals surface area (Å²) in [5.74, 6) is 2.64. The molecule has 0 unspecified atom stereocenters. The lowest BCUT2D eigenvalue weighted by Crippen LogP contribution is -2.15. The van der Waals surface area contributed by atoms with E-state index < -0.39 is 0 Å². The number of ether oxygens (including phenoxy) is 6. The molecule has 6 nitrogen and oxygen atoms in total. The highest BCUT2D eigenvalue weighted by Gasteiger charge is 2.15. The van der Waals surface area contributed by atoms with E-state index in [2.05, 4.69) is 119 Å². The Balaban J connectivity index is 0.847. The van der Waals surface area contributed by atoms with Crippen LogP contribution in [0.5, 0.6) is 23.0 Å². The van der Waals surface area contributed by atoms with E-state index >= 15 is 0 Å². The van der Waals surface area contributed by atoms with E-state index in [4.69, 9.17) is 28.4 Å². The van der Waals surface area contributed by atoms with Crippen LogP contribution in [-0.2, 0) is 9.47 Å². The van der Waals surface area contributed by atoms with Crippen molar-refractivity contribution in [3.05, 3.63) is 141 Å². The van der Waals surface area contributed by atoms with Gasteiger partial charge in [-0.2, -0.15) is 0 Å². The standard InChI is InChI=1S/C48H40O6S6/c1-5-41(55-25-1)45-31-35(47(59-45)43-7-3-27-57-43)13-9-33-11-15-37-39(29-33)53-23-19-49-18-22-52-38-16-12-34(30-40(38)54-24-20-50-17-21-51-37)10-14-36-32-46(42-6-2-26-56-42)60-48(36)44-8-4-28-58-44/h1-16,25-32H,17-24H2/b13-9+,14-10+. The average Bonchev–Trinajstić information content (AvgIpc) is 4.11. The molecule has 0 spiro atoms. The maximum Gasteiger partial charge on any atom is 0.161 e. The van der Waals surface area contributed by atoms with Crippen LogP contribution in [0.1, 0.15) is 22.3 Å². The number of thiophene rings is 6. The minimum absolute atomic E-state index is 0.361. The van der Waals surface area contributed by atoms with E-state index in [0.29, 0.717) is 75.9 Å². The maximum atomic E-state index is 6.25. The Kier molecular flexibility index (Phi) is 13.7. The highest BCUT2D eigenvalue weighted by atomic mass is 32.1. The summed E-state index contributed by atoms with van der Waals surface area (Å²) in [6, 6.07) is 33.8. The second-order valence-electron chi connectivity index (χ2n) is 13.4. The molecule has 1 aliphatic heterocycles. The lowest BCUT2D eigenvalue weighted by Gasteiger charge is -2.16. The minimum Gasteiger partial charge on any atom is -0.487 e. The number of hydrogen-bond donors (Lipinski definition) is 0. The predicted octanol–water partition coefficient (Wildman–Crippen LogP) is 14.3. The molecule has 0 aliphatic carbocycles. The molecule has 0 radical (unpaired) electrons. The van der Waals surface area contributed by atoms with E-state index in [1.165, 1.54) is 50.1 Å². The molecule has 304 valence electrons. The van der Waals surface area contributed by atoms with Gasteiger partial charge < -0.3 is 28.4 Å². The first-order valence-corrected chi connectivity index (χ1v) is 24.6. The van der Waals surface area contributed by atoms with E-state index in [1.54, 1.807) is 45.3 Å². The van der Waals surface area contributed by atoms with Gasteiger partial charge in [0.05, 0.1) is 36.2 Å². The van der Waals surface area contributed by atoms with E-state index in [0.717, 1.165) is 11.1 Å². The van der Waals surface area contributed by atoms with E-state index in [9.17, 15) is 0 Å². The zero-order valence-electron chi connectivity index (χ0n) is 32.4. The van der Waals surface area contributed by atoms with Gasteiger partial charge in [-0.1, -0.05) is 60.7 Å². The van der Waals surface area contributed by atoms with Gasteiger partial charge in [0, 0.05) is 29.3 Å². The van der Waals surface area contributed by atoms with Gasteiger partial charge in [0.15, 0.2) is 23.0 Å². The van der Waals surface area contributed by atoms with E-state index in [-0.39, 0.29) is 0 Å². The third-order valence-corrected chi connectivity index (χ3v) is 15.9. The molecule has 7 heterocycles. The zero-order valence-corrected chi connectivity index (χ0v) is 37.3. The van der Waals surface area contributed by atoms with Crippen LogP contribution in [0.15, 0.2) is 119 Å². The summed E-state index contributed by atoms with van der Waals surface area (Å²) >= 11 is 10.7. The molecule has 1 aliphatic rings. The minimum atomic E-state index is 0.361. The van der Waals surface area contributed by atoms with Crippen LogP contribution in [-0.4, -0.2) is 52.9 Å². The van der Waals surface area contributed by atoms with Crippen molar-refractivity contribution >= 4 is 92.3 Å². The van der Waals surface area contributed by atoms with Gasteiger partial charge in [0.2, 0.25) is 0 Å². The van der Waals surface area contributed by atoms with Gasteiger partial charge >= 0.3 is 0 Å². The summed E-state index contributed by atoms with van der Waals surface area (Å²) in [4.78, 5) is 10.2. The van der Waals surface area contributed by atoms with Crippen molar-refractivity contribution in [1.82, 2.24) is 0 Å². The first-order valence-electron chi connectivity index (χ1n) is 19.5. The Labute approximate surface area is 373 Å². The summed E-state index contributed by atoms with van der Waals surface area (Å²) in [6.45, 7) is 3.05. The third-order valence-electron chi connectivity index (χ3n) is 9.33. The molecule has 12 heteroatoms. The number of rotatable bonds is 8. The highest BCUT2D eigenvalue weighted by molar-refractivity contribution is 7.26. The SMILES string of the molecule is C(=C\c1cc(-c2cccs2)sc1-c1cccs1)/c1ccc2c(c1)OCCOCCOc1ccc(/C=C/c3cc(-c4cccs4)sc3-c3cccs3)cc1OCCOCCO2. The molecule has 0 N–H and O–H groups in total. The van der Waals surface area contributed by atoms with Crippen LogP contribution >= 0.6 is 68.0 Å². The van der Waals surface area contributed by atoms with Crippen LogP contribution < -0.4 is 18.9 Å². The van der Waals surface area contributed by atoms with Gasteiger partial charge in [-0.05, 0) is 104 Å². The van der Waals surface area contributed by atoms with Crippen molar-refractivity contribution in [2.24, 2.45) is 0 Å². The molecular weight excluding hydrogens is 865 g/mol. The summed E-state index contributed by atoms with van der Waals surface area (Å²) in [6.07, 6.45) is 8.65. The predicted molar refractivity (Wildman–Crippen MR) is 256 cm³/mol. The van der Waals surface area contributed by atoms with Crippen molar-refractivity contribution in [2.45, 2.75) is 0 Å². The molecule has 2 aromatic carbocycles. The van der Waals surface area contributed by atoms with Gasteiger partial charge in [0.25, 0.3) is 0 Å². The van der Waals surface area contributed by atoms with Gasteiger partial charge in [-0.25, -0.2) is 0 Å². The van der Waals surface area contributed by atoms with Crippen molar-refractivity contribution in [1.29, 1.82) is 0 Å². The number of hydrogen-bond acceptors (Lipinski definition) is 12. The van der Waals surface area contributed by atoms with Crippen molar-refractivity contribution < 1.29 is 28.4 Å². The molecule has 9 rings (SSSR count). The van der Waals surface area contributed by atoms with Crippen LogP contribution in [0.2, 0.25) is 0 Å². The molecule has 0 saturated carbocycles. The second kappa shape index (κ2) is 20.2. The number of fused-ring (bicyclic) bond motifs is 2. The Morgan fingerprint density at radius 2 is 0.733 bits per heavy atom. The smallest absolute Gasteiger partial charge is 0.161 e. The quantitative estimate of drug-likeness (QED) is 0.151. The zero-order chi connectivity index (χ0) is 40.4. The third kappa shape index (κ3) is 10.2. The topological polar surface area (TPSA) is 55.4 Å². The summed E-state index contributed by atoms with van der Waals surface area (Å²) < 4.78 is 36.7. The monoisotopic (exact) mass is 904 g/mol. The Morgan fingerprint density at radius 1 is 0.350 bits per heavy atom. The molecule has 0 fully saturated rings. The van der Waals surface area contributed by atoms with Gasteiger partial charge in [-0.3, -0.25) is 0 Å². The lowest BCUT2D eigenvalue weighted by molar-refractivity contribution is 0.0640. The van der Waals surface area contributed by atoms with Crippen LogP contribution in [0.25, 0.3) is 63.3 Å². The van der Waals surface area contributed by atoms with Crippen LogP contribution in [0.3, 0.4) is 0 Å². The van der Waals surface area contributed by atoms with E-state index in [1.807, 2.05) is 46.9 Å². The van der Waals surface area contributed by atoms with Crippen molar-refractivity contribution in [2.75, 3.05) is 52.9 Å². The van der Waals surface area contributed by atoms with Crippen LogP contribution in [0.4, 0.5) is 0 Å². The Bertz CT molecular complexity index is 2430. The largest absolute Gasteiger partial charge is 0.487 e. The first-order chi connectivity index (χ1) is 29.7. The first kappa shape index (κ1) is 40.6. The molecule has 0 amide bonds. The maximum absolute atomic E-state index is 6.25. The fourth-order valence-corrected chi connectivity index (χ4v) is 12.2. The molecule has 0 atom stereocenters. The average molecular weight is 905 g/mol. The summed E-state index contributed by atoms with van der Waals surface area (Å²) in [7, 11) is 0. The fourth-order valence-electron chi connectivity index (χ4n) is 6.48. The molecule has 0 saturated heterocycles. The van der Waals surface area contributed by atoms with Gasteiger partial charge in [-0.15, -0.1) is 68.0 Å². The van der Waals surface area contributed by atoms with Crippen LogP contribution in [0, 0.1) is 0 Å². The summed E-state index contributed by atoms with van der Waals surface area (Å²) in [5, 5.41) is 8.51. The lowest BCUT2D eigenvalue weighted by atomic mass is 10.1. The van der Waals surface area contributed by atoms with Gasteiger partial charge in [0.1, 0.15) is 26.4 Å². The number of benzene rings is 2. The van der Waals surface area contributed by atoms with Crippen molar-refractivity contribution in [3.63, 3.8) is 0 Å². The molecule has 0 bridgehead atoms. The Hall–Kier alpha value is -4.76. The normalized spacial score (nSPS) is 14.4. The van der Waals surface area contributed by atoms with Crippen molar-refractivity contribution in [3.8, 4) is 62.0 Å². The Morgan fingerprint density at radius 3 is 1.12 bits per heavy atom.